The van der Waals surface area contributed by atoms with E-state index >= 15 is 0 Å². The highest BCUT2D eigenvalue weighted by atomic mass is 16.5. The van der Waals surface area contributed by atoms with E-state index in [9.17, 15) is 4.79 Å². The molecule has 5 heteroatoms. The Morgan fingerprint density at radius 1 is 1.19 bits per heavy atom. The second-order valence-electron chi connectivity index (χ2n) is 4.64. The quantitative estimate of drug-likeness (QED) is 0.691. The maximum absolute atomic E-state index is 11.5. The molecule has 21 heavy (non-hydrogen) atoms. The van der Waals surface area contributed by atoms with Gasteiger partial charge in [-0.25, -0.2) is 0 Å². The lowest BCUT2D eigenvalue weighted by Crippen LogP contribution is -2.26. The van der Waals surface area contributed by atoms with Gasteiger partial charge < -0.3 is 20.5 Å². The van der Waals surface area contributed by atoms with Crippen molar-refractivity contribution in [2.24, 2.45) is 5.73 Å². The molecule has 118 valence electrons. The molecule has 0 fully saturated rings. The molecule has 1 aromatic rings. The van der Waals surface area contributed by atoms with Gasteiger partial charge in [0.05, 0.1) is 13.2 Å². The minimum atomic E-state index is 0.0522. The summed E-state index contributed by atoms with van der Waals surface area (Å²) < 4.78 is 11.1. The van der Waals surface area contributed by atoms with Gasteiger partial charge in [0.15, 0.2) is 11.5 Å². The van der Waals surface area contributed by atoms with Gasteiger partial charge in [0, 0.05) is 13.0 Å². The minimum absolute atomic E-state index is 0.0522. The van der Waals surface area contributed by atoms with Crippen LogP contribution in [0.25, 0.3) is 0 Å². The smallest absolute Gasteiger partial charge is 0.220 e. The van der Waals surface area contributed by atoms with Crippen LogP contribution in [0.2, 0.25) is 0 Å². The van der Waals surface area contributed by atoms with Gasteiger partial charge in [-0.1, -0.05) is 6.07 Å². The summed E-state index contributed by atoms with van der Waals surface area (Å²) in [5.74, 6) is 1.57. The van der Waals surface area contributed by atoms with E-state index in [1.54, 1.807) is 0 Å². The largest absolute Gasteiger partial charge is 0.490 e. The van der Waals surface area contributed by atoms with Crippen molar-refractivity contribution in [3.05, 3.63) is 23.8 Å². The molecule has 3 N–H and O–H groups in total. The van der Waals surface area contributed by atoms with Crippen LogP contribution in [-0.4, -0.2) is 32.2 Å². The SMILES string of the molecule is CCOc1ccc(CCNC(=O)CCCN)cc1OCC. The number of nitrogens with one attached hydrogen (secondary N) is 1. The zero-order valence-corrected chi connectivity index (χ0v) is 13.0. The monoisotopic (exact) mass is 294 g/mol. The summed E-state index contributed by atoms with van der Waals surface area (Å²) in [6.45, 7) is 6.25. The lowest BCUT2D eigenvalue weighted by atomic mass is 10.1. The van der Waals surface area contributed by atoms with Gasteiger partial charge in [-0.2, -0.15) is 0 Å². The van der Waals surface area contributed by atoms with Crippen molar-refractivity contribution >= 4 is 5.91 Å². The number of carbonyl (C=O) groups is 1. The average Bonchev–Trinajstić information content (AvgIpc) is 2.48. The van der Waals surface area contributed by atoms with Crippen LogP contribution < -0.4 is 20.5 Å². The normalized spacial score (nSPS) is 10.2. The van der Waals surface area contributed by atoms with Crippen LogP contribution in [0.4, 0.5) is 0 Å². The second-order valence-corrected chi connectivity index (χ2v) is 4.64. The van der Waals surface area contributed by atoms with Crippen molar-refractivity contribution in [1.29, 1.82) is 0 Å². The molecule has 0 aliphatic carbocycles. The Labute approximate surface area is 126 Å². The molecule has 0 saturated carbocycles. The van der Waals surface area contributed by atoms with Crippen LogP contribution in [0.3, 0.4) is 0 Å². The van der Waals surface area contributed by atoms with Gasteiger partial charge >= 0.3 is 0 Å². The van der Waals surface area contributed by atoms with Gasteiger partial charge in [0.1, 0.15) is 0 Å². The predicted octanol–water partition coefficient (Wildman–Crippen LogP) is 1.88. The van der Waals surface area contributed by atoms with Crippen molar-refractivity contribution in [2.75, 3.05) is 26.3 Å². The molecule has 0 heterocycles. The van der Waals surface area contributed by atoms with Crippen LogP contribution in [0, 0.1) is 0 Å². The van der Waals surface area contributed by atoms with Crippen LogP contribution in [0.1, 0.15) is 32.3 Å². The molecule has 0 aliphatic rings. The summed E-state index contributed by atoms with van der Waals surface area (Å²) in [6, 6.07) is 5.89. The van der Waals surface area contributed by atoms with E-state index in [4.69, 9.17) is 15.2 Å². The van der Waals surface area contributed by atoms with Crippen molar-refractivity contribution in [3.8, 4) is 11.5 Å². The number of rotatable bonds is 10. The standard InChI is InChI=1S/C16H26N2O3/c1-3-20-14-8-7-13(12-15(14)21-4-2)9-11-18-16(19)6-5-10-17/h7-8,12H,3-6,9-11,17H2,1-2H3,(H,18,19). The summed E-state index contributed by atoms with van der Waals surface area (Å²) in [5, 5.41) is 2.89. The van der Waals surface area contributed by atoms with E-state index in [0.29, 0.717) is 32.7 Å². The highest BCUT2D eigenvalue weighted by Crippen LogP contribution is 2.28. The molecule has 1 rings (SSSR count). The third kappa shape index (κ3) is 6.49. The van der Waals surface area contributed by atoms with Crippen molar-refractivity contribution in [3.63, 3.8) is 0 Å². The fraction of sp³-hybridized carbons (Fsp3) is 0.562. The van der Waals surface area contributed by atoms with Gasteiger partial charge in [-0.3, -0.25) is 4.79 Å². The van der Waals surface area contributed by atoms with E-state index < -0.39 is 0 Å². The van der Waals surface area contributed by atoms with E-state index in [-0.39, 0.29) is 5.91 Å². The number of hydrogen-bond acceptors (Lipinski definition) is 4. The third-order valence-corrected chi connectivity index (χ3v) is 2.95. The Hall–Kier alpha value is -1.75. The third-order valence-electron chi connectivity index (χ3n) is 2.95. The minimum Gasteiger partial charge on any atom is -0.490 e. The Bertz CT molecular complexity index is 436. The molecule has 0 aliphatic heterocycles. The Morgan fingerprint density at radius 3 is 2.57 bits per heavy atom. The predicted molar refractivity (Wildman–Crippen MR) is 83.8 cm³/mol. The first-order chi connectivity index (χ1) is 10.2. The van der Waals surface area contributed by atoms with Crippen LogP contribution in [-0.2, 0) is 11.2 Å². The lowest BCUT2D eigenvalue weighted by molar-refractivity contribution is -0.121. The molecule has 5 nitrogen and oxygen atoms in total. The van der Waals surface area contributed by atoms with Crippen molar-refractivity contribution in [2.45, 2.75) is 33.1 Å². The van der Waals surface area contributed by atoms with E-state index in [1.807, 2.05) is 32.0 Å². The lowest BCUT2D eigenvalue weighted by Gasteiger charge is -2.12. The van der Waals surface area contributed by atoms with Crippen molar-refractivity contribution < 1.29 is 14.3 Å². The van der Waals surface area contributed by atoms with Crippen LogP contribution in [0.5, 0.6) is 11.5 Å². The molecule has 0 aromatic heterocycles. The number of ether oxygens (including phenoxy) is 2. The topological polar surface area (TPSA) is 73.6 Å². The highest BCUT2D eigenvalue weighted by molar-refractivity contribution is 5.75. The number of nitrogens with two attached hydrogens (primary N) is 1. The van der Waals surface area contributed by atoms with E-state index in [1.165, 1.54) is 0 Å². The van der Waals surface area contributed by atoms with Gasteiger partial charge in [0.25, 0.3) is 0 Å². The van der Waals surface area contributed by atoms with Gasteiger partial charge in [-0.15, -0.1) is 0 Å². The van der Waals surface area contributed by atoms with Crippen LogP contribution in [0.15, 0.2) is 18.2 Å². The van der Waals surface area contributed by atoms with Crippen molar-refractivity contribution in [1.82, 2.24) is 5.32 Å². The Balaban J connectivity index is 2.51. The molecule has 0 spiro atoms. The van der Waals surface area contributed by atoms with Crippen LogP contribution >= 0.6 is 0 Å². The van der Waals surface area contributed by atoms with Gasteiger partial charge in [-0.05, 0) is 50.9 Å². The Kier molecular flexibility index (Phi) is 8.28. The first kappa shape index (κ1) is 17.3. The van der Waals surface area contributed by atoms with E-state index in [2.05, 4.69) is 5.32 Å². The first-order valence-electron chi connectivity index (χ1n) is 7.56. The summed E-state index contributed by atoms with van der Waals surface area (Å²) in [6.07, 6.45) is 1.98. The molecule has 0 unspecified atom stereocenters. The summed E-state index contributed by atoms with van der Waals surface area (Å²) in [5.41, 5.74) is 6.49. The zero-order valence-electron chi connectivity index (χ0n) is 13.0. The average molecular weight is 294 g/mol. The molecular weight excluding hydrogens is 268 g/mol. The van der Waals surface area contributed by atoms with Gasteiger partial charge in [0.2, 0.25) is 5.91 Å². The molecule has 0 radical (unpaired) electrons. The molecule has 1 amide bonds. The summed E-state index contributed by atoms with van der Waals surface area (Å²) >= 11 is 0. The maximum atomic E-state index is 11.5. The van der Waals surface area contributed by atoms with E-state index in [0.717, 1.165) is 29.9 Å². The zero-order chi connectivity index (χ0) is 15.5. The molecule has 1 aromatic carbocycles. The summed E-state index contributed by atoms with van der Waals surface area (Å²) in [7, 11) is 0. The number of carbonyl (C=O) groups excluding carboxylic acids is 1. The molecule has 0 bridgehead atoms. The fourth-order valence-corrected chi connectivity index (χ4v) is 1.95. The fourth-order valence-electron chi connectivity index (χ4n) is 1.95. The Morgan fingerprint density at radius 2 is 1.90 bits per heavy atom. The molecule has 0 atom stereocenters. The second kappa shape index (κ2) is 10.0. The first-order valence-corrected chi connectivity index (χ1v) is 7.56. The summed E-state index contributed by atoms with van der Waals surface area (Å²) in [4.78, 5) is 11.5. The number of hydrogen-bond donors (Lipinski definition) is 2. The molecular formula is C16H26N2O3. The number of benzene rings is 1. The number of amides is 1. The maximum Gasteiger partial charge on any atom is 0.220 e. The highest BCUT2D eigenvalue weighted by Gasteiger charge is 2.06. The molecule has 0 saturated heterocycles.